The van der Waals surface area contributed by atoms with Gasteiger partial charge in [0.05, 0.1) is 24.7 Å². The summed E-state index contributed by atoms with van der Waals surface area (Å²) in [5.74, 6) is -0.172. The van der Waals surface area contributed by atoms with E-state index in [-0.39, 0.29) is 24.5 Å². The molecule has 1 aliphatic rings. The van der Waals surface area contributed by atoms with Crippen LogP contribution in [0.4, 0.5) is 0 Å². The molecule has 4 rings (SSSR count). The number of hydrogen-bond acceptors (Lipinski definition) is 5. The smallest absolute Gasteiger partial charge is 0.234 e. The average molecular weight is 460 g/mol. The first-order valence-electron chi connectivity index (χ1n) is 11.9. The Morgan fingerprint density at radius 3 is 2.00 bits per heavy atom. The molecule has 2 aromatic carbocycles. The number of aliphatic hydroxyl groups excluding tert-OH is 1. The highest BCUT2D eigenvalue weighted by molar-refractivity contribution is 5.87. The SMILES string of the molecule is CC(OCC(O)CN1CCN(C(=O)C(c2ccccc2)c2ccccc2)CC1)c1ccncc1. The number of piperazine rings is 1. The first-order valence-corrected chi connectivity index (χ1v) is 11.9. The minimum Gasteiger partial charge on any atom is -0.389 e. The lowest BCUT2D eigenvalue weighted by Crippen LogP contribution is -2.51. The van der Waals surface area contributed by atoms with Gasteiger partial charge in [0.2, 0.25) is 5.91 Å². The van der Waals surface area contributed by atoms with Crippen molar-refractivity contribution in [1.29, 1.82) is 0 Å². The summed E-state index contributed by atoms with van der Waals surface area (Å²) >= 11 is 0. The molecule has 178 valence electrons. The second-order valence-electron chi connectivity index (χ2n) is 8.79. The molecule has 1 saturated heterocycles. The lowest BCUT2D eigenvalue weighted by molar-refractivity contribution is -0.133. The normalized spacial score (nSPS) is 16.4. The van der Waals surface area contributed by atoms with Crippen LogP contribution in [0, 0.1) is 0 Å². The van der Waals surface area contributed by atoms with Crippen LogP contribution in [0.25, 0.3) is 0 Å². The highest BCUT2D eigenvalue weighted by atomic mass is 16.5. The zero-order valence-electron chi connectivity index (χ0n) is 19.7. The Morgan fingerprint density at radius 2 is 1.44 bits per heavy atom. The molecular weight excluding hydrogens is 426 g/mol. The number of benzene rings is 2. The molecule has 1 fully saturated rings. The summed E-state index contributed by atoms with van der Waals surface area (Å²) < 4.78 is 5.85. The van der Waals surface area contributed by atoms with Crippen LogP contribution < -0.4 is 0 Å². The molecule has 1 aliphatic heterocycles. The molecule has 6 nitrogen and oxygen atoms in total. The largest absolute Gasteiger partial charge is 0.389 e. The molecule has 0 aliphatic carbocycles. The highest BCUT2D eigenvalue weighted by Gasteiger charge is 2.30. The Kier molecular flexibility index (Phi) is 8.41. The number of nitrogens with zero attached hydrogens (tertiary/aromatic N) is 3. The number of rotatable bonds is 9. The Morgan fingerprint density at radius 1 is 0.882 bits per heavy atom. The summed E-state index contributed by atoms with van der Waals surface area (Å²) in [6.45, 7) is 5.55. The van der Waals surface area contributed by atoms with Crippen molar-refractivity contribution in [2.75, 3.05) is 39.3 Å². The lowest BCUT2D eigenvalue weighted by Gasteiger charge is -2.37. The van der Waals surface area contributed by atoms with Crippen molar-refractivity contribution in [2.45, 2.75) is 25.0 Å². The third-order valence-electron chi connectivity index (χ3n) is 6.38. The van der Waals surface area contributed by atoms with Crippen LogP contribution in [0.1, 0.15) is 35.6 Å². The predicted octanol–water partition coefficient (Wildman–Crippen LogP) is 3.50. The van der Waals surface area contributed by atoms with E-state index in [4.69, 9.17) is 4.74 Å². The van der Waals surface area contributed by atoms with Crippen molar-refractivity contribution < 1.29 is 14.6 Å². The fraction of sp³-hybridized carbons (Fsp3) is 0.357. The Hall–Kier alpha value is -3.06. The molecule has 2 unspecified atom stereocenters. The van der Waals surface area contributed by atoms with Gasteiger partial charge in [-0.15, -0.1) is 0 Å². The molecule has 0 bridgehead atoms. The summed E-state index contributed by atoms with van der Waals surface area (Å²) in [6, 6.07) is 23.8. The van der Waals surface area contributed by atoms with Gasteiger partial charge in [-0.3, -0.25) is 14.7 Å². The average Bonchev–Trinajstić information content (AvgIpc) is 2.89. The van der Waals surface area contributed by atoms with Crippen LogP contribution in [0.15, 0.2) is 85.2 Å². The van der Waals surface area contributed by atoms with Gasteiger partial charge < -0.3 is 14.7 Å². The summed E-state index contributed by atoms with van der Waals surface area (Å²) in [7, 11) is 0. The van der Waals surface area contributed by atoms with Crippen LogP contribution in [-0.2, 0) is 9.53 Å². The quantitative estimate of drug-likeness (QED) is 0.531. The van der Waals surface area contributed by atoms with E-state index in [2.05, 4.69) is 9.88 Å². The summed E-state index contributed by atoms with van der Waals surface area (Å²) in [5, 5.41) is 10.5. The van der Waals surface area contributed by atoms with Gasteiger partial charge in [0, 0.05) is 45.1 Å². The number of aliphatic hydroxyl groups is 1. The van der Waals surface area contributed by atoms with E-state index in [1.54, 1.807) is 12.4 Å². The number of carbonyl (C=O) groups excluding carboxylic acids is 1. The molecule has 0 spiro atoms. The minimum atomic E-state index is -0.576. The van der Waals surface area contributed by atoms with Crippen LogP contribution in [-0.4, -0.2) is 71.2 Å². The van der Waals surface area contributed by atoms with Crippen LogP contribution in [0.3, 0.4) is 0 Å². The van der Waals surface area contributed by atoms with E-state index < -0.39 is 6.10 Å². The molecule has 1 amide bonds. The number of ether oxygens (including phenoxy) is 1. The third-order valence-corrected chi connectivity index (χ3v) is 6.38. The van der Waals surface area contributed by atoms with Crippen molar-refractivity contribution in [1.82, 2.24) is 14.8 Å². The fourth-order valence-electron chi connectivity index (χ4n) is 4.44. The molecular formula is C28H33N3O3. The Labute approximate surface area is 201 Å². The molecule has 34 heavy (non-hydrogen) atoms. The van der Waals surface area contributed by atoms with Crippen molar-refractivity contribution in [3.8, 4) is 0 Å². The third kappa shape index (κ3) is 6.29. The molecule has 2 atom stereocenters. The van der Waals surface area contributed by atoms with Crippen LogP contribution in [0.2, 0.25) is 0 Å². The van der Waals surface area contributed by atoms with Crippen molar-refractivity contribution in [3.05, 3.63) is 102 Å². The lowest BCUT2D eigenvalue weighted by atomic mass is 9.90. The minimum absolute atomic E-state index is 0.0972. The van der Waals surface area contributed by atoms with Crippen LogP contribution in [0.5, 0.6) is 0 Å². The number of carbonyl (C=O) groups is 1. The molecule has 1 N–H and O–H groups in total. The number of amides is 1. The summed E-state index contributed by atoms with van der Waals surface area (Å²) in [6.07, 6.45) is 2.81. The first-order chi connectivity index (χ1) is 16.6. The molecule has 2 heterocycles. The number of β-amino-alcohol motifs (C(OH)–C–C–N with tert-alkyl or cyclic N) is 1. The maximum atomic E-state index is 13.6. The molecule has 0 radical (unpaired) electrons. The van der Waals surface area contributed by atoms with Gasteiger partial charge >= 0.3 is 0 Å². The van der Waals surface area contributed by atoms with Crippen LogP contribution >= 0.6 is 0 Å². The van der Waals surface area contributed by atoms with Gasteiger partial charge in [0.25, 0.3) is 0 Å². The Bertz CT molecular complexity index is 969. The zero-order chi connectivity index (χ0) is 23.8. The fourth-order valence-corrected chi connectivity index (χ4v) is 4.44. The van der Waals surface area contributed by atoms with Gasteiger partial charge in [-0.25, -0.2) is 0 Å². The first kappa shape index (κ1) is 24.1. The molecule has 1 aromatic heterocycles. The number of pyridine rings is 1. The second-order valence-corrected chi connectivity index (χ2v) is 8.79. The van der Waals surface area contributed by atoms with E-state index in [1.807, 2.05) is 84.6 Å². The van der Waals surface area contributed by atoms with Gasteiger partial charge in [-0.1, -0.05) is 60.7 Å². The highest BCUT2D eigenvalue weighted by Crippen LogP contribution is 2.27. The number of hydrogen-bond donors (Lipinski definition) is 1. The standard InChI is InChI=1S/C28H33N3O3/c1-22(23-12-14-29-15-13-23)34-21-26(32)20-30-16-18-31(19-17-30)28(33)27(24-8-4-2-5-9-24)25-10-6-3-7-11-25/h2-15,22,26-27,32H,16-21H2,1H3. The van der Waals surface area contributed by atoms with E-state index in [1.165, 1.54) is 0 Å². The summed E-state index contributed by atoms with van der Waals surface area (Å²) in [4.78, 5) is 21.8. The molecule has 0 saturated carbocycles. The van der Waals surface area contributed by atoms with E-state index in [9.17, 15) is 9.90 Å². The molecule has 6 heteroatoms. The maximum absolute atomic E-state index is 13.6. The van der Waals surface area contributed by atoms with E-state index >= 15 is 0 Å². The van der Waals surface area contributed by atoms with Gasteiger partial charge in [0.1, 0.15) is 0 Å². The maximum Gasteiger partial charge on any atom is 0.234 e. The van der Waals surface area contributed by atoms with Gasteiger partial charge in [0.15, 0.2) is 0 Å². The van der Waals surface area contributed by atoms with Gasteiger partial charge in [-0.2, -0.15) is 0 Å². The van der Waals surface area contributed by atoms with Crippen molar-refractivity contribution in [2.24, 2.45) is 0 Å². The Balaban J connectivity index is 1.29. The monoisotopic (exact) mass is 459 g/mol. The van der Waals surface area contributed by atoms with Crippen molar-refractivity contribution in [3.63, 3.8) is 0 Å². The van der Waals surface area contributed by atoms with E-state index in [0.717, 1.165) is 29.8 Å². The summed E-state index contributed by atoms with van der Waals surface area (Å²) in [5.41, 5.74) is 3.06. The van der Waals surface area contributed by atoms with E-state index in [0.29, 0.717) is 19.6 Å². The second kappa shape index (κ2) is 11.9. The topological polar surface area (TPSA) is 65.9 Å². The number of aromatic nitrogens is 1. The predicted molar refractivity (Wildman–Crippen MR) is 132 cm³/mol. The van der Waals surface area contributed by atoms with Crippen molar-refractivity contribution >= 4 is 5.91 Å². The zero-order valence-corrected chi connectivity index (χ0v) is 19.7. The molecule has 3 aromatic rings. The van der Waals surface area contributed by atoms with Gasteiger partial charge in [-0.05, 0) is 35.7 Å².